The highest BCUT2D eigenvalue weighted by Crippen LogP contribution is 2.47. The van der Waals surface area contributed by atoms with Gasteiger partial charge >= 0.3 is 0 Å². The highest BCUT2D eigenvalue weighted by Gasteiger charge is 2.44. The van der Waals surface area contributed by atoms with Crippen molar-refractivity contribution in [3.63, 3.8) is 0 Å². The SMILES string of the molecule is CC(C)Cn1ccnc1NC(=O)[C@H]1C[C@@H]1c1ccc(F)cc1. The van der Waals surface area contributed by atoms with Gasteiger partial charge in [-0.2, -0.15) is 0 Å². The standard InChI is InChI=1S/C17H20FN3O/c1-11(2)10-21-8-7-19-17(21)20-16(22)15-9-14(15)12-3-5-13(18)6-4-12/h3-8,11,14-15H,9-10H2,1-2H3,(H,19,20,22)/t14-,15+/m1/s1. The molecule has 1 fully saturated rings. The van der Waals surface area contributed by atoms with Crippen LogP contribution in [0.5, 0.6) is 0 Å². The Labute approximate surface area is 129 Å². The number of rotatable bonds is 5. The molecule has 2 atom stereocenters. The number of carbonyl (C=O) groups is 1. The fraction of sp³-hybridized carbons (Fsp3) is 0.412. The van der Waals surface area contributed by atoms with Crippen molar-refractivity contribution >= 4 is 11.9 Å². The third-order valence-electron chi connectivity index (χ3n) is 3.94. The van der Waals surface area contributed by atoms with Crippen LogP contribution in [0.15, 0.2) is 36.7 Å². The number of nitrogens with one attached hydrogen (secondary N) is 1. The number of benzene rings is 1. The normalized spacial score (nSPS) is 20.2. The van der Waals surface area contributed by atoms with E-state index in [9.17, 15) is 9.18 Å². The van der Waals surface area contributed by atoms with Crippen LogP contribution in [0, 0.1) is 17.7 Å². The van der Waals surface area contributed by atoms with E-state index in [1.54, 1.807) is 18.3 Å². The van der Waals surface area contributed by atoms with Gasteiger partial charge in [-0.25, -0.2) is 9.37 Å². The monoisotopic (exact) mass is 301 g/mol. The third kappa shape index (κ3) is 3.18. The molecule has 1 aromatic carbocycles. The maximum atomic E-state index is 12.9. The number of nitrogens with zero attached hydrogens (tertiary/aromatic N) is 2. The van der Waals surface area contributed by atoms with Gasteiger partial charge in [-0.3, -0.25) is 10.1 Å². The van der Waals surface area contributed by atoms with E-state index in [4.69, 9.17) is 0 Å². The van der Waals surface area contributed by atoms with Crippen molar-refractivity contribution in [2.45, 2.75) is 32.7 Å². The number of amides is 1. The lowest BCUT2D eigenvalue weighted by molar-refractivity contribution is -0.117. The fourth-order valence-electron chi connectivity index (χ4n) is 2.74. The van der Waals surface area contributed by atoms with Gasteiger partial charge in [0, 0.05) is 24.9 Å². The largest absolute Gasteiger partial charge is 0.317 e. The maximum Gasteiger partial charge on any atom is 0.230 e. The zero-order valence-electron chi connectivity index (χ0n) is 12.8. The summed E-state index contributed by atoms with van der Waals surface area (Å²) < 4.78 is 14.9. The van der Waals surface area contributed by atoms with Crippen molar-refractivity contribution < 1.29 is 9.18 Å². The molecule has 1 heterocycles. The minimum Gasteiger partial charge on any atom is -0.317 e. The summed E-state index contributed by atoms with van der Waals surface area (Å²) in [5.74, 6) is 0.969. The van der Waals surface area contributed by atoms with Crippen LogP contribution in [0.25, 0.3) is 0 Å². The Morgan fingerprint density at radius 1 is 1.41 bits per heavy atom. The molecule has 2 aromatic rings. The average molecular weight is 301 g/mol. The third-order valence-corrected chi connectivity index (χ3v) is 3.94. The summed E-state index contributed by atoms with van der Waals surface area (Å²) in [5, 5.41) is 2.91. The molecule has 0 unspecified atom stereocenters. The second-order valence-corrected chi connectivity index (χ2v) is 6.29. The molecule has 4 nitrogen and oxygen atoms in total. The molecule has 0 saturated heterocycles. The number of imidazole rings is 1. The van der Waals surface area contributed by atoms with Gasteiger partial charge in [-0.15, -0.1) is 0 Å². The van der Waals surface area contributed by atoms with E-state index in [1.165, 1.54) is 12.1 Å². The summed E-state index contributed by atoms with van der Waals surface area (Å²) in [6.45, 7) is 5.07. The molecule has 1 aliphatic carbocycles. The van der Waals surface area contributed by atoms with E-state index >= 15 is 0 Å². The molecule has 22 heavy (non-hydrogen) atoms. The number of hydrogen-bond acceptors (Lipinski definition) is 2. The topological polar surface area (TPSA) is 46.9 Å². The van der Waals surface area contributed by atoms with Crippen LogP contribution in [0.3, 0.4) is 0 Å². The highest BCUT2D eigenvalue weighted by atomic mass is 19.1. The van der Waals surface area contributed by atoms with Crippen molar-refractivity contribution in [2.24, 2.45) is 11.8 Å². The van der Waals surface area contributed by atoms with Gasteiger partial charge in [0.15, 0.2) is 0 Å². The van der Waals surface area contributed by atoms with Crippen LogP contribution in [0.4, 0.5) is 10.3 Å². The Morgan fingerprint density at radius 2 is 2.14 bits per heavy atom. The van der Waals surface area contributed by atoms with Crippen LogP contribution >= 0.6 is 0 Å². The molecule has 3 rings (SSSR count). The predicted molar refractivity (Wildman–Crippen MR) is 82.9 cm³/mol. The van der Waals surface area contributed by atoms with Gasteiger partial charge in [-0.1, -0.05) is 26.0 Å². The maximum absolute atomic E-state index is 12.9. The predicted octanol–water partition coefficient (Wildman–Crippen LogP) is 3.42. The molecule has 1 aromatic heterocycles. The number of anilines is 1. The smallest absolute Gasteiger partial charge is 0.230 e. The Kier molecular flexibility index (Phi) is 3.96. The second kappa shape index (κ2) is 5.91. The lowest BCUT2D eigenvalue weighted by Crippen LogP contribution is -2.19. The average Bonchev–Trinajstić information content (AvgIpc) is 3.16. The van der Waals surface area contributed by atoms with Crippen LogP contribution in [0.2, 0.25) is 0 Å². The van der Waals surface area contributed by atoms with Crippen molar-refractivity contribution in [1.29, 1.82) is 0 Å². The molecule has 5 heteroatoms. The van der Waals surface area contributed by atoms with Gasteiger partial charge in [-0.05, 0) is 36.0 Å². The van der Waals surface area contributed by atoms with E-state index in [2.05, 4.69) is 24.1 Å². The number of aromatic nitrogens is 2. The summed E-state index contributed by atoms with van der Waals surface area (Å²) >= 11 is 0. The number of halogens is 1. The Bertz CT molecular complexity index is 663. The van der Waals surface area contributed by atoms with Gasteiger partial charge in [0.1, 0.15) is 5.82 Å². The zero-order valence-corrected chi connectivity index (χ0v) is 12.8. The summed E-state index contributed by atoms with van der Waals surface area (Å²) in [6.07, 6.45) is 4.38. The first-order valence-corrected chi connectivity index (χ1v) is 7.62. The summed E-state index contributed by atoms with van der Waals surface area (Å²) in [5.41, 5.74) is 1.02. The first-order chi connectivity index (χ1) is 10.5. The van der Waals surface area contributed by atoms with E-state index in [1.807, 2.05) is 10.8 Å². The number of carbonyl (C=O) groups excluding carboxylic acids is 1. The lowest BCUT2D eigenvalue weighted by atomic mass is 10.1. The lowest BCUT2D eigenvalue weighted by Gasteiger charge is -2.11. The van der Waals surface area contributed by atoms with Gasteiger partial charge in [0.2, 0.25) is 11.9 Å². The van der Waals surface area contributed by atoms with Crippen molar-refractivity contribution in [3.05, 3.63) is 48.0 Å². The summed E-state index contributed by atoms with van der Waals surface area (Å²) in [4.78, 5) is 16.5. The Morgan fingerprint density at radius 3 is 2.82 bits per heavy atom. The molecule has 0 spiro atoms. The summed E-state index contributed by atoms with van der Waals surface area (Å²) in [6, 6.07) is 6.40. The van der Waals surface area contributed by atoms with Gasteiger partial charge < -0.3 is 4.57 Å². The quantitative estimate of drug-likeness (QED) is 0.920. The van der Waals surface area contributed by atoms with Crippen LogP contribution in [-0.4, -0.2) is 15.5 Å². The highest BCUT2D eigenvalue weighted by molar-refractivity contribution is 5.93. The molecule has 1 aliphatic rings. The number of hydrogen-bond donors (Lipinski definition) is 1. The van der Waals surface area contributed by atoms with Crippen LogP contribution < -0.4 is 5.32 Å². The van der Waals surface area contributed by atoms with E-state index in [0.29, 0.717) is 11.9 Å². The Hall–Kier alpha value is -2.17. The minimum absolute atomic E-state index is 0.00877. The molecular formula is C17H20FN3O. The second-order valence-electron chi connectivity index (χ2n) is 6.29. The summed E-state index contributed by atoms with van der Waals surface area (Å²) in [7, 11) is 0. The molecular weight excluding hydrogens is 281 g/mol. The molecule has 0 radical (unpaired) electrons. The van der Waals surface area contributed by atoms with Crippen molar-refractivity contribution in [3.8, 4) is 0 Å². The van der Waals surface area contributed by atoms with E-state index in [-0.39, 0.29) is 23.6 Å². The Balaban J connectivity index is 1.62. The van der Waals surface area contributed by atoms with Crippen molar-refractivity contribution in [2.75, 3.05) is 5.32 Å². The van der Waals surface area contributed by atoms with E-state index < -0.39 is 0 Å². The fourth-order valence-corrected chi connectivity index (χ4v) is 2.74. The van der Waals surface area contributed by atoms with Crippen molar-refractivity contribution in [1.82, 2.24) is 9.55 Å². The molecule has 116 valence electrons. The first kappa shape index (κ1) is 14.8. The molecule has 1 saturated carbocycles. The molecule has 0 bridgehead atoms. The van der Waals surface area contributed by atoms with Crippen LogP contribution in [-0.2, 0) is 11.3 Å². The molecule has 0 aliphatic heterocycles. The zero-order chi connectivity index (χ0) is 15.7. The minimum atomic E-state index is -0.249. The van der Waals surface area contributed by atoms with E-state index in [0.717, 1.165) is 18.5 Å². The van der Waals surface area contributed by atoms with Gasteiger partial charge in [0.25, 0.3) is 0 Å². The van der Waals surface area contributed by atoms with Crippen LogP contribution in [0.1, 0.15) is 31.7 Å². The molecule has 1 amide bonds. The first-order valence-electron chi connectivity index (χ1n) is 7.62. The molecule has 1 N–H and O–H groups in total. The van der Waals surface area contributed by atoms with Gasteiger partial charge in [0.05, 0.1) is 0 Å².